The van der Waals surface area contributed by atoms with Crippen LogP contribution in [0, 0.1) is 5.92 Å². The van der Waals surface area contributed by atoms with E-state index in [2.05, 4.69) is 31.9 Å². The number of pyridine rings is 2. The Labute approximate surface area is 144 Å². The highest BCUT2D eigenvalue weighted by molar-refractivity contribution is 9.10. The summed E-state index contributed by atoms with van der Waals surface area (Å²) in [6.07, 6.45) is 3.48. The average Bonchev–Trinajstić information content (AvgIpc) is 2.84. The van der Waals surface area contributed by atoms with Gasteiger partial charge in [-0.15, -0.1) is 0 Å². The normalized spacial score (nSPS) is 24.0. The number of hydrogen-bond donors (Lipinski definition) is 0. The Morgan fingerprint density at radius 1 is 1.35 bits per heavy atom. The fourth-order valence-electron chi connectivity index (χ4n) is 3.59. The molecule has 1 fully saturated rings. The second kappa shape index (κ2) is 5.79. The predicted molar refractivity (Wildman–Crippen MR) is 93.0 cm³/mol. The summed E-state index contributed by atoms with van der Waals surface area (Å²) in [5.41, 5.74) is 3.16. The van der Waals surface area contributed by atoms with Crippen LogP contribution in [-0.2, 0) is 22.8 Å². The van der Waals surface area contributed by atoms with E-state index in [0.29, 0.717) is 11.5 Å². The molecule has 1 atom stereocenters. The number of hydrogen-bond acceptors (Lipinski definition) is 5. The van der Waals surface area contributed by atoms with E-state index >= 15 is 0 Å². The maximum absolute atomic E-state index is 11.6. The summed E-state index contributed by atoms with van der Waals surface area (Å²) >= 11 is 3.45. The standard InChI is InChI=1S/C16H18BrN3O2S/c17-14-6-12-5-13-9-20(8-11-2-4-23(21,22)10-11)3-1-15(13)19-16(12)18-7-14/h5-7,11H,1-4,8-10H2. The van der Waals surface area contributed by atoms with Crippen LogP contribution >= 0.6 is 15.9 Å². The van der Waals surface area contributed by atoms with Crippen molar-refractivity contribution < 1.29 is 8.42 Å². The second-order valence-electron chi connectivity index (χ2n) is 6.55. The van der Waals surface area contributed by atoms with Gasteiger partial charge in [0.1, 0.15) is 0 Å². The lowest BCUT2D eigenvalue weighted by molar-refractivity contribution is 0.220. The van der Waals surface area contributed by atoms with Gasteiger partial charge in [-0.1, -0.05) is 0 Å². The molecule has 2 aromatic rings. The van der Waals surface area contributed by atoms with Crippen molar-refractivity contribution in [1.29, 1.82) is 0 Å². The van der Waals surface area contributed by atoms with Crippen molar-refractivity contribution in [3.05, 3.63) is 34.1 Å². The molecule has 122 valence electrons. The third-order valence-corrected chi connectivity index (χ3v) is 6.98. The smallest absolute Gasteiger partial charge is 0.159 e. The zero-order valence-corrected chi connectivity index (χ0v) is 15.1. The van der Waals surface area contributed by atoms with Crippen LogP contribution in [-0.4, -0.2) is 47.9 Å². The Balaban J connectivity index is 1.54. The lowest BCUT2D eigenvalue weighted by Crippen LogP contribution is -2.35. The molecule has 0 aromatic carbocycles. The Bertz CT molecular complexity index is 869. The SMILES string of the molecule is O=S1(=O)CCC(CN2CCc3nc4ncc(Br)cc4cc3C2)C1. The minimum absolute atomic E-state index is 0.283. The maximum Gasteiger partial charge on any atom is 0.159 e. The monoisotopic (exact) mass is 395 g/mol. The first-order valence-corrected chi connectivity index (χ1v) is 10.5. The van der Waals surface area contributed by atoms with Gasteiger partial charge < -0.3 is 0 Å². The Morgan fingerprint density at radius 2 is 2.22 bits per heavy atom. The molecule has 0 amide bonds. The minimum Gasteiger partial charge on any atom is -0.298 e. The van der Waals surface area contributed by atoms with Crippen LogP contribution < -0.4 is 0 Å². The predicted octanol–water partition coefficient (Wildman–Crippen LogP) is 2.19. The number of nitrogens with zero attached hydrogens (tertiary/aromatic N) is 3. The Hall–Kier alpha value is -1.05. The topological polar surface area (TPSA) is 63.2 Å². The van der Waals surface area contributed by atoms with Crippen molar-refractivity contribution in [2.24, 2.45) is 5.92 Å². The molecule has 4 heterocycles. The maximum atomic E-state index is 11.6. The second-order valence-corrected chi connectivity index (χ2v) is 9.69. The van der Waals surface area contributed by atoms with E-state index in [1.165, 1.54) is 5.56 Å². The van der Waals surface area contributed by atoms with Crippen molar-refractivity contribution in [2.75, 3.05) is 24.6 Å². The number of rotatable bonds is 2. The molecule has 1 unspecified atom stereocenters. The third-order valence-electron chi connectivity index (χ3n) is 4.70. The third kappa shape index (κ3) is 3.27. The number of halogens is 1. The first-order valence-electron chi connectivity index (χ1n) is 7.85. The van der Waals surface area contributed by atoms with Crippen molar-refractivity contribution in [1.82, 2.24) is 14.9 Å². The zero-order chi connectivity index (χ0) is 16.0. The molecule has 2 aromatic heterocycles. The molecule has 1 saturated heterocycles. The van der Waals surface area contributed by atoms with Gasteiger partial charge in [0.15, 0.2) is 15.5 Å². The average molecular weight is 396 g/mol. The summed E-state index contributed by atoms with van der Waals surface area (Å²) in [5.74, 6) is 0.989. The molecule has 4 rings (SSSR count). The molecule has 5 nitrogen and oxygen atoms in total. The van der Waals surface area contributed by atoms with Crippen LogP contribution in [0.4, 0.5) is 0 Å². The first kappa shape index (κ1) is 15.5. The zero-order valence-electron chi connectivity index (χ0n) is 12.7. The molecule has 23 heavy (non-hydrogen) atoms. The van der Waals surface area contributed by atoms with Crippen molar-refractivity contribution in [3.63, 3.8) is 0 Å². The molecule has 2 aliphatic rings. The van der Waals surface area contributed by atoms with E-state index < -0.39 is 9.84 Å². The van der Waals surface area contributed by atoms with Gasteiger partial charge in [-0.05, 0) is 46.0 Å². The Morgan fingerprint density at radius 3 is 3.00 bits per heavy atom. The molecule has 0 radical (unpaired) electrons. The van der Waals surface area contributed by atoms with Gasteiger partial charge in [-0.3, -0.25) is 4.90 Å². The fraction of sp³-hybridized carbons (Fsp3) is 0.500. The van der Waals surface area contributed by atoms with E-state index in [4.69, 9.17) is 4.98 Å². The van der Waals surface area contributed by atoms with Gasteiger partial charge in [-0.25, -0.2) is 18.4 Å². The van der Waals surface area contributed by atoms with E-state index in [1.54, 1.807) is 6.20 Å². The Kier molecular flexibility index (Phi) is 3.90. The van der Waals surface area contributed by atoms with Crippen molar-refractivity contribution >= 4 is 36.8 Å². The first-order chi connectivity index (χ1) is 11.0. The largest absolute Gasteiger partial charge is 0.298 e. The van der Waals surface area contributed by atoms with Gasteiger partial charge in [0, 0.05) is 47.8 Å². The molecular weight excluding hydrogens is 378 g/mol. The minimum atomic E-state index is -2.79. The highest BCUT2D eigenvalue weighted by Crippen LogP contribution is 2.26. The number of sulfone groups is 1. The quantitative estimate of drug-likeness (QED) is 0.779. The van der Waals surface area contributed by atoms with Gasteiger partial charge in [0.25, 0.3) is 0 Å². The van der Waals surface area contributed by atoms with Gasteiger partial charge >= 0.3 is 0 Å². The van der Waals surface area contributed by atoms with Crippen LogP contribution in [0.2, 0.25) is 0 Å². The van der Waals surface area contributed by atoms with Crippen LogP contribution in [0.1, 0.15) is 17.7 Å². The van der Waals surface area contributed by atoms with E-state index in [1.807, 2.05) is 6.07 Å². The molecule has 0 bridgehead atoms. The fourth-order valence-corrected chi connectivity index (χ4v) is 5.79. The molecule has 2 aliphatic heterocycles. The molecule has 0 saturated carbocycles. The van der Waals surface area contributed by atoms with Crippen LogP contribution in [0.15, 0.2) is 22.8 Å². The van der Waals surface area contributed by atoms with Gasteiger partial charge in [0.2, 0.25) is 0 Å². The van der Waals surface area contributed by atoms with E-state index in [-0.39, 0.29) is 5.92 Å². The van der Waals surface area contributed by atoms with Gasteiger partial charge in [-0.2, -0.15) is 0 Å². The molecule has 0 spiro atoms. The lowest BCUT2D eigenvalue weighted by Gasteiger charge is -2.30. The highest BCUT2D eigenvalue weighted by atomic mass is 79.9. The van der Waals surface area contributed by atoms with Crippen molar-refractivity contribution in [3.8, 4) is 0 Å². The molecule has 7 heteroatoms. The van der Waals surface area contributed by atoms with Crippen LogP contribution in [0.3, 0.4) is 0 Å². The lowest BCUT2D eigenvalue weighted by atomic mass is 10.0. The summed E-state index contributed by atoms with van der Waals surface area (Å²) in [7, 11) is -2.79. The van der Waals surface area contributed by atoms with Crippen LogP contribution in [0.25, 0.3) is 11.0 Å². The number of fused-ring (bicyclic) bond motifs is 2. The highest BCUT2D eigenvalue weighted by Gasteiger charge is 2.30. The summed E-state index contributed by atoms with van der Waals surface area (Å²) in [4.78, 5) is 11.4. The van der Waals surface area contributed by atoms with Crippen LogP contribution in [0.5, 0.6) is 0 Å². The molecule has 0 aliphatic carbocycles. The summed E-state index contributed by atoms with van der Waals surface area (Å²) in [6.45, 7) is 2.66. The summed E-state index contributed by atoms with van der Waals surface area (Å²) in [5, 5.41) is 1.04. The van der Waals surface area contributed by atoms with E-state index in [0.717, 1.165) is 53.7 Å². The van der Waals surface area contributed by atoms with E-state index in [9.17, 15) is 8.42 Å². The molecular formula is C16H18BrN3O2S. The summed E-state index contributed by atoms with van der Waals surface area (Å²) in [6, 6.07) is 4.21. The molecule has 0 N–H and O–H groups in total. The summed E-state index contributed by atoms with van der Waals surface area (Å²) < 4.78 is 24.2. The van der Waals surface area contributed by atoms with Crippen molar-refractivity contribution in [2.45, 2.75) is 19.4 Å². The van der Waals surface area contributed by atoms with Gasteiger partial charge in [0.05, 0.1) is 11.5 Å². The number of aromatic nitrogens is 2.